The van der Waals surface area contributed by atoms with E-state index in [1.165, 1.54) is 11.1 Å². The molecule has 0 fully saturated rings. The number of rotatable bonds is 3. The predicted molar refractivity (Wildman–Crippen MR) is 93.9 cm³/mol. The summed E-state index contributed by atoms with van der Waals surface area (Å²) in [6.07, 6.45) is 3.76. The predicted octanol–water partition coefficient (Wildman–Crippen LogP) is 3.65. The molecule has 1 aliphatic heterocycles. The van der Waals surface area contributed by atoms with E-state index in [1.54, 1.807) is 13.4 Å². The number of fused-ring (bicyclic) bond motifs is 1. The summed E-state index contributed by atoms with van der Waals surface area (Å²) < 4.78 is 7.25. The lowest BCUT2D eigenvalue weighted by Crippen LogP contribution is -2.20. The molecular weight excluding hydrogens is 300 g/mol. The molecule has 2 heterocycles. The molecule has 1 aliphatic rings. The number of hydrogen-bond acceptors (Lipinski definition) is 4. The van der Waals surface area contributed by atoms with Gasteiger partial charge < -0.3 is 10.1 Å². The lowest BCUT2D eigenvalue weighted by atomic mass is 9.98. The maximum absolute atomic E-state index is 5.34. The van der Waals surface area contributed by atoms with Crippen LogP contribution in [-0.4, -0.2) is 21.9 Å². The van der Waals surface area contributed by atoms with Crippen molar-refractivity contribution < 1.29 is 4.74 Å². The van der Waals surface area contributed by atoms with Crippen LogP contribution in [0, 0.1) is 6.92 Å². The fourth-order valence-corrected chi connectivity index (χ4v) is 3.03. The van der Waals surface area contributed by atoms with Crippen molar-refractivity contribution in [3.05, 3.63) is 77.6 Å². The molecule has 0 bridgehead atoms. The Morgan fingerprint density at radius 2 is 2.00 bits per heavy atom. The van der Waals surface area contributed by atoms with Crippen LogP contribution in [0.1, 0.15) is 22.7 Å². The number of ether oxygens (including phenoxy) is 1. The van der Waals surface area contributed by atoms with E-state index in [-0.39, 0.29) is 6.04 Å². The maximum Gasteiger partial charge on any atom is 0.226 e. The molecule has 1 N–H and O–H groups in total. The van der Waals surface area contributed by atoms with Crippen molar-refractivity contribution in [3.8, 4) is 5.75 Å². The molecule has 24 heavy (non-hydrogen) atoms. The van der Waals surface area contributed by atoms with E-state index in [0.717, 1.165) is 23.0 Å². The first kappa shape index (κ1) is 14.5. The molecular formula is C19H18N4O. The second-order valence-electron chi connectivity index (χ2n) is 5.77. The van der Waals surface area contributed by atoms with Crippen LogP contribution < -0.4 is 10.1 Å². The largest absolute Gasteiger partial charge is 0.497 e. The summed E-state index contributed by atoms with van der Waals surface area (Å²) in [6.45, 7) is 2.12. The first-order valence-corrected chi connectivity index (χ1v) is 7.84. The van der Waals surface area contributed by atoms with Gasteiger partial charge in [0.05, 0.1) is 7.11 Å². The number of methoxy groups -OCH3 is 1. The average molecular weight is 318 g/mol. The van der Waals surface area contributed by atoms with Crippen molar-refractivity contribution in [3.63, 3.8) is 0 Å². The van der Waals surface area contributed by atoms with Gasteiger partial charge in [-0.1, -0.05) is 36.4 Å². The second-order valence-corrected chi connectivity index (χ2v) is 5.77. The third-order valence-corrected chi connectivity index (χ3v) is 4.30. The summed E-state index contributed by atoms with van der Waals surface area (Å²) in [6, 6.07) is 16.4. The Balaban J connectivity index is 1.83. The molecule has 2 aromatic carbocycles. The molecule has 0 amide bonds. The maximum atomic E-state index is 5.34. The van der Waals surface area contributed by atoms with Crippen molar-refractivity contribution in [2.24, 2.45) is 0 Å². The third kappa shape index (κ3) is 2.44. The highest BCUT2D eigenvalue weighted by Gasteiger charge is 2.24. The van der Waals surface area contributed by atoms with Gasteiger partial charge in [-0.05, 0) is 36.3 Å². The summed E-state index contributed by atoms with van der Waals surface area (Å²) in [5, 5.41) is 7.75. The third-order valence-electron chi connectivity index (χ3n) is 4.30. The molecule has 3 aromatic rings. The number of aromatic nitrogens is 3. The van der Waals surface area contributed by atoms with Crippen LogP contribution in [0.3, 0.4) is 0 Å². The van der Waals surface area contributed by atoms with E-state index in [4.69, 9.17) is 4.74 Å². The summed E-state index contributed by atoms with van der Waals surface area (Å²) in [5.41, 5.74) is 4.50. The van der Waals surface area contributed by atoms with Gasteiger partial charge in [-0.15, -0.1) is 0 Å². The van der Waals surface area contributed by atoms with Crippen LogP contribution in [0.25, 0.3) is 5.70 Å². The van der Waals surface area contributed by atoms with Gasteiger partial charge in [0.15, 0.2) is 0 Å². The van der Waals surface area contributed by atoms with Crippen molar-refractivity contribution >= 4 is 11.6 Å². The van der Waals surface area contributed by atoms with E-state index < -0.39 is 0 Å². The highest BCUT2D eigenvalue weighted by molar-refractivity contribution is 5.77. The zero-order chi connectivity index (χ0) is 16.5. The second kappa shape index (κ2) is 5.85. The number of nitrogens with zero attached hydrogens (tertiary/aromatic N) is 3. The van der Waals surface area contributed by atoms with Crippen LogP contribution in [-0.2, 0) is 0 Å². The first-order chi connectivity index (χ1) is 11.8. The molecule has 0 saturated carbocycles. The molecule has 1 aromatic heterocycles. The van der Waals surface area contributed by atoms with Gasteiger partial charge in [0, 0.05) is 11.3 Å². The molecule has 0 unspecified atom stereocenters. The number of nitrogens with one attached hydrogen (secondary N) is 1. The highest BCUT2D eigenvalue weighted by atomic mass is 16.5. The standard InChI is InChI=1S/C19H18N4O/c1-13-6-3-4-9-16(13)18-11-17(22-19-20-12-21-23(18)19)14-7-5-8-15(10-14)24-2/h3-12,18H,1-2H3,(H,20,21,22)/t18-/m1/s1. The normalized spacial score (nSPS) is 16.1. The van der Waals surface area contributed by atoms with E-state index in [9.17, 15) is 0 Å². The van der Waals surface area contributed by atoms with Crippen LogP contribution in [0.2, 0.25) is 0 Å². The highest BCUT2D eigenvalue weighted by Crippen LogP contribution is 2.33. The summed E-state index contributed by atoms with van der Waals surface area (Å²) in [7, 11) is 1.68. The van der Waals surface area contributed by atoms with E-state index in [0.29, 0.717) is 0 Å². The minimum atomic E-state index is 0.00570. The van der Waals surface area contributed by atoms with Crippen molar-refractivity contribution in [1.29, 1.82) is 0 Å². The zero-order valence-corrected chi connectivity index (χ0v) is 13.6. The Morgan fingerprint density at radius 3 is 2.83 bits per heavy atom. The number of aryl methyl sites for hydroxylation is 1. The molecule has 0 aliphatic carbocycles. The smallest absolute Gasteiger partial charge is 0.226 e. The Morgan fingerprint density at radius 1 is 1.12 bits per heavy atom. The average Bonchev–Trinajstić information content (AvgIpc) is 3.10. The van der Waals surface area contributed by atoms with E-state index >= 15 is 0 Å². The SMILES string of the molecule is COc1cccc(C2=C[C@H](c3ccccc3C)n3ncnc3N2)c1. The Bertz CT molecular complexity index is 913. The van der Waals surface area contributed by atoms with Gasteiger partial charge in [0.2, 0.25) is 5.95 Å². The molecule has 5 nitrogen and oxygen atoms in total. The summed E-state index contributed by atoms with van der Waals surface area (Å²) in [4.78, 5) is 4.35. The lowest BCUT2D eigenvalue weighted by molar-refractivity contribution is 0.414. The molecule has 5 heteroatoms. The van der Waals surface area contributed by atoms with Crippen molar-refractivity contribution in [2.75, 3.05) is 12.4 Å². The summed E-state index contributed by atoms with van der Waals surface area (Å²) >= 11 is 0. The quantitative estimate of drug-likeness (QED) is 0.801. The van der Waals surface area contributed by atoms with Crippen molar-refractivity contribution in [1.82, 2.24) is 14.8 Å². The van der Waals surface area contributed by atoms with Crippen LogP contribution in [0.4, 0.5) is 5.95 Å². The topological polar surface area (TPSA) is 52.0 Å². The molecule has 4 rings (SSSR count). The minimum absolute atomic E-state index is 0.00570. The van der Waals surface area contributed by atoms with Crippen molar-refractivity contribution in [2.45, 2.75) is 13.0 Å². The van der Waals surface area contributed by atoms with Gasteiger partial charge in [-0.25, -0.2) is 4.68 Å². The summed E-state index contributed by atoms with van der Waals surface area (Å²) in [5.74, 6) is 1.57. The minimum Gasteiger partial charge on any atom is -0.497 e. The van der Waals surface area contributed by atoms with Gasteiger partial charge in [0.25, 0.3) is 0 Å². The fourth-order valence-electron chi connectivity index (χ4n) is 3.03. The van der Waals surface area contributed by atoms with E-state index in [2.05, 4.69) is 58.7 Å². The number of anilines is 1. The van der Waals surface area contributed by atoms with Gasteiger partial charge in [-0.2, -0.15) is 10.1 Å². The zero-order valence-electron chi connectivity index (χ0n) is 13.6. The van der Waals surface area contributed by atoms with Gasteiger partial charge >= 0.3 is 0 Å². The first-order valence-electron chi connectivity index (χ1n) is 7.84. The number of benzene rings is 2. The van der Waals surface area contributed by atoms with Crippen LogP contribution in [0.5, 0.6) is 5.75 Å². The Labute approximate surface area is 140 Å². The van der Waals surface area contributed by atoms with Crippen LogP contribution in [0.15, 0.2) is 60.9 Å². The molecule has 120 valence electrons. The van der Waals surface area contributed by atoms with Gasteiger partial charge in [0.1, 0.15) is 18.1 Å². The number of allylic oxidation sites excluding steroid dienone is 1. The Kier molecular flexibility index (Phi) is 3.54. The fraction of sp³-hybridized carbons (Fsp3) is 0.158. The molecule has 1 atom stereocenters. The van der Waals surface area contributed by atoms with Gasteiger partial charge in [-0.3, -0.25) is 0 Å². The number of hydrogen-bond donors (Lipinski definition) is 1. The Hall–Kier alpha value is -3.08. The lowest BCUT2D eigenvalue weighted by Gasteiger charge is -2.25. The molecule has 0 radical (unpaired) electrons. The molecule has 0 saturated heterocycles. The monoisotopic (exact) mass is 318 g/mol. The molecule has 0 spiro atoms. The van der Waals surface area contributed by atoms with Crippen LogP contribution >= 0.6 is 0 Å². The van der Waals surface area contributed by atoms with E-state index in [1.807, 2.05) is 22.9 Å².